The van der Waals surface area contributed by atoms with Crippen LogP contribution in [-0.4, -0.2) is 24.1 Å². The quantitative estimate of drug-likeness (QED) is 0.492. The van der Waals surface area contributed by atoms with E-state index in [2.05, 4.69) is 28.1 Å². The molecule has 154 valence electrons. The van der Waals surface area contributed by atoms with Gasteiger partial charge in [0.15, 0.2) is 5.78 Å². The lowest BCUT2D eigenvalue weighted by Crippen LogP contribution is -2.07. The molecule has 0 aromatic heterocycles. The van der Waals surface area contributed by atoms with Crippen molar-refractivity contribution >= 4 is 35.2 Å². The first-order valence-corrected chi connectivity index (χ1v) is 11.0. The summed E-state index contributed by atoms with van der Waals surface area (Å²) in [5.41, 5.74) is 2.93. The van der Waals surface area contributed by atoms with Gasteiger partial charge in [0.05, 0.1) is 13.2 Å². The number of aryl methyl sites for hydroxylation is 2. The van der Waals surface area contributed by atoms with Crippen LogP contribution in [0.1, 0.15) is 41.8 Å². The number of ketones is 1. The van der Waals surface area contributed by atoms with E-state index < -0.39 is 7.82 Å². The first-order valence-electron chi connectivity index (χ1n) is 9.59. The molecule has 3 aromatic carbocycles. The van der Waals surface area contributed by atoms with E-state index in [0.29, 0.717) is 12.0 Å². The zero-order valence-corrected chi connectivity index (χ0v) is 17.6. The summed E-state index contributed by atoms with van der Waals surface area (Å²) in [5.74, 6) is 0.360. The topological polar surface area (TPSA) is 95.9 Å². The SMILES string of the molecule is CCOP(=O)([O-])OCC.Cc1cc2ccccc2c2c(O)cc3c(c12)CCC3=O. The van der Waals surface area contributed by atoms with E-state index in [1.807, 2.05) is 18.2 Å². The van der Waals surface area contributed by atoms with Crippen LogP contribution in [0.3, 0.4) is 0 Å². The highest BCUT2D eigenvalue weighted by atomic mass is 31.2. The Hall–Kier alpha value is -2.24. The maximum Gasteiger partial charge on any atom is 0.267 e. The summed E-state index contributed by atoms with van der Waals surface area (Å²) in [7, 11) is -3.94. The summed E-state index contributed by atoms with van der Waals surface area (Å²) in [6, 6.07) is 11.9. The van der Waals surface area contributed by atoms with Crippen molar-refractivity contribution in [2.24, 2.45) is 0 Å². The lowest BCUT2D eigenvalue weighted by Gasteiger charge is -2.20. The first-order chi connectivity index (χ1) is 13.8. The molecule has 4 rings (SSSR count). The molecule has 0 heterocycles. The number of phosphoric acid groups is 1. The fourth-order valence-corrected chi connectivity index (χ4v) is 4.52. The normalized spacial score (nSPS) is 13.4. The van der Waals surface area contributed by atoms with Crippen molar-refractivity contribution in [3.63, 3.8) is 0 Å². The molecule has 3 aromatic rings. The predicted molar refractivity (Wildman–Crippen MR) is 111 cm³/mol. The van der Waals surface area contributed by atoms with Gasteiger partial charge < -0.3 is 19.0 Å². The van der Waals surface area contributed by atoms with Gasteiger partial charge in [-0.2, -0.15) is 0 Å². The zero-order chi connectivity index (χ0) is 21.2. The second kappa shape index (κ2) is 8.64. The van der Waals surface area contributed by atoms with E-state index in [9.17, 15) is 19.4 Å². The van der Waals surface area contributed by atoms with Gasteiger partial charge in [0.2, 0.25) is 0 Å². The van der Waals surface area contributed by atoms with Crippen LogP contribution in [0.2, 0.25) is 0 Å². The van der Waals surface area contributed by atoms with Crippen molar-refractivity contribution in [2.45, 2.75) is 33.6 Å². The average Bonchev–Trinajstić information content (AvgIpc) is 3.02. The Balaban J connectivity index is 0.000000229. The number of aromatic hydroxyl groups is 1. The maximum atomic E-state index is 11.9. The van der Waals surface area contributed by atoms with Crippen LogP contribution in [0.25, 0.3) is 21.5 Å². The number of carbonyl (C=O) groups excluding carboxylic acids is 1. The molecular formula is C22H24O6P-. The van der Waals surface area contributed by atoms with E-state index in [4.69, 9.17) is 0 Å². The number of rotatable bonds is 4. The minimum atomic E-state index is -3.94. The standard InChI is InChI=1S/C18H14O2.C4H11O4P/c1-10-8-11-4-2-3-5-12(11)18-16(20)9-14-13(17(10)18)6-7-15(14)19;1-3-7-9(5,6)8-4-2/h2-5,8-9,20H,6-7H2,1H3;3-4H2,1-2H3,(H,5,6)/p-1. The summed E-state index contributed by atoms with van der Waals surface area (Å²) >= 11 is 0. The first kappa shape index (κ1) is 21.5. The van der Waals surface area contributed by atoms with Gasteiger partial charge >= 0.3 is 0 Å². The van der Waals surface area contributed by atoms with Crippen molar-refractivity contribution in [1.82, 2.24) is 0 Å². The largest absolute Gasteiger partial charge is 0.756 e. The van der Waals surface area contributed by atoms with Gasteiger partial charge in [-0.15, -0.1) is 0 Å². The minimum absolute atomic E-state index is 0.126. The van der Waals surface area contributed by atoms with Crippen molar-refractivity contribution in [3.05, 3.63) is 53.1 Å². The molecule has 0 aliphatic heterocycles. The molecule has 0 fully saturated rings. The van der Waals surface area contributed by atoms with E-state index in [1.54, 1.807) is 19.9 Å². The molecule has 7 heteroatoms. The van der Waals surface area contributed by atoms with Gasteiger partial charge in [-0.1, -0.05) is 30.3 Å². The third-order valence-corrected chi connectivity index (χ3v) is 6.04. The Morgan fingerprint density at radius 2 is 1.72 bits per heavy atom. The van der Waals surface area contributed by atoms with E-state index in [1.165, 1.54) is 0 Å². The molecular weight excluding hydrogens is 391 g/mol. The van der Waals surface area contributed by atoms with Crippen molar-refractivity contribution in [1.29, 1.82) is 0 Å². The molecule has 0 saturated heterocycles. The second-order valence-electron chi connectivity index (χ2n) is 6.79. The average molecular weight is 415 g/mol. The van der Waals surface area contributed by atoms with Gasteiger partial charge in [0.25, 0.3) is 7.82 Å². The van der Waals surface area contributed by atoms with E-state index in [0.717, 1.165) is 39.1 Å². The summed E-state index contributed by atoms with van der Waals surface area (Å²) in [5, 5.41) is 14.5. The van der Waals surface area contributed by atoms with Crippen molar-refractivity contribution < 1.29 is 28.4 Å². The van der Waals surface area contributed by atoms with Crippen LogP contribution in [0.15, 0.2) is 36.4 Å². The molecule has 1 aliphatic rings. The minimum Gasteiger partial charge on any atom is -0.756 e. The zero-order valence-electron chi connectivity index (χ0n) is 16.7. The molecule has 6 nitrogen and oxygen atoms in total. The number of phosphoric ester groups is 1. The molecule has 0 amide bonds. The van der Waals surface area contributed by atoms with Crippen LogP contribution in [0.4, 0.5) is 0 Å². The summed E-state index contributed by atoms with van der Waals surface area (Å²) < 4.78 is 18.9. The van der Waals surface area contributed by atoms with Crippen LogP contribution >= 0.6 is 7.82 Å². The molecule has 0 spiro atoms. The fourth-order valence-electron chi connectivity index (χ4n) is 3.81. The van der Waals surface area contributed by atoms with Gasteiger partial charge in [-0.25, -0.2) is 0 Å². The van der Waals surface area contributed by atoms with Gasteiger partial charge in [0.1, 0.15) is 5.75 Å². The van der Waals surface area contributed by atoms with Gasteiger partial charge in [0, 0.05) is 17.4 Å². The smallest absolute Gasteiger partial charge is 0.267 e. The Morgan fingerprint density at radius 3 is 2.38 bits per heavy atom. The van der Waals surface area contributed by atoms with Crippen molar-refractivity contribution in [2.75, 3.05) is 13.2 Å². The Bertz CT molecular complexity index is 1110. The van der Waals surface area contributed by atoms with Crippen LogP contribution in [0.5, 0.6) is 5.75 Å². The van der Waals surface area contributed by atoms with Crippen LogP contribution < -0.4 is 4.89 Å². The molecule has 1 aliphatic carbocycles. The third-order valence-electron chi connectivity index (χ3n) is 4.89. The summed E-state index contributed by atoms with van der Waals surface area (Å²) in [4.78, 5) is 22.3. The Kier molecular flexibility index (Phi) is 6.39. The Morgan fingerprint density at radius 1 is 1.07 bits per heavy atom. The number of phenolic OH excluding ortho intramolecular Hbond substituents is 1. The number of hydrogen-bond acceptors (Lipinski definition) is 6. The molecule has 0 saturated carbocycles. The number of benzene rings is 3. The fraction of sp³-hybridized carbons (Fsp3) is 0.318. The van der Waals surface area contributed by atoms with Gasteiger partial charge in [-0.05, 0) is 60.5 Å². The summed E-state index contributed by atoms with van der Waals surface area (Å²) in [6.45, 7) is 5.48. The van der Waals surface area contributed by atoms with Crippen LogP contribution in [0, 0.1) is 6.92 Å². The number of Topliss-reactive ketones (excluding diaryl/α,β-unsaturated/α-hetero) is 1. The van der Waals surface area contributed by atoms with Crippen molar-refractivity contribution in [3.8, 4) is 5.75 Å². The van der Waals surface area contributed by atoms with Gasteiger partial charge in [-0.3, -0.25) is 9.36 Å². The highest BCUT2D eigenvalue weighted by Gasteiger charge is 2.25. The number of carbonyl (C=O) groups is 1. The van der Waals surface area contributed by atoms with E-state index in [-0.39, 0.29) is 24.7 Å². The van der Waals surface area contributed by atoms with Crippen LogP contribution in [-0.2, 0) is 20.0 Å². The monoisotopic (exact) mass is 415 g/mol. The van der Waals surface area contributed by atoms with E-state index >= 15 is 0 Å². The molecule has 1 N–H and O–H groups in total. The lowest BCUT2D eigenvalue weighted by atomic mass is 9.92. The summed E-state index contributed by atoms with van der Waals surface area (Å²) in [6.07, 6.45) is 1.34. The lowest BCUT2D eigenvalue weighted by molar-refractivity contribution is -0.224. The number of hydrogen-bond donors (Lipinski definition) is 1. The highest BCUT2D eigenvalue weighted by Crippen LogP contribution is 2.41. The third kappa shape index (κ3) is 4.36. The maximum absolute atomic E-state index is 11.9. The number of fused-ring (bicyclic) bond motifs is 5. The molecule has 0 bridgehead atoms. The molecule has 0 atom stereocenters. The molecule has 0 radical (unpaired) electrons. The molecule has 29 heavy (non-hydrogen) atoms. The predicted octanol–water partition coefficient (Wildman–Crippen LogP) is 4.66. The Labute approximate surface area is 169 Å². The number of phenols is 1. The highest BCUT2D eigenvalue weighted by molar-refractivity contribution is 7.45. The molecule has 0 unspecified atom stereocenters. The second-order valence-corrected chi connectivity index (χ2v) is 8.20.